The summed E-state index contributed by atoms with van der Waals surface area (Å²) in [5.41, 5.74) is 5.16. The van der Waals surface area contributed by atoms with E-state index in [2.05, 4.69) is 36.4 Å². The molecule has 0 aliphatic heterocycles. The summed E-state index contributed by atoms with van der Waals surface area (Å²) in [6, 6.07) is 4.21. The minimum absolute atomic E-state index is 0.801. The molecule has 3 rings (SSSR count). The number of nitrogens with one attached hydrogen (secondary N) is 1. The van der Waals surface area contributed by atoms with Crippen LogP contribution in [-0.2, 0) is 0 Å². The SMILES string of the molecule is C=Cc1oc2cc3[nH]c(/C=C\C)c(C=C)c3cc2c1/C=C\C. The van der Waals surface area contributed by atoms with E-state index in [0.717, 1.165) is 44.5 Å². The van der Waals surface area contributed by atoms with Crippen LogP contribution in [-0.4, -0.2) is 4.98 Å². The number of H-pyrrole nitrogens is 1. The van der Waals surface area contributed by atoms with Gasteiger partial charge in [0.05, 0.1) is 5.52 Å². The van der Waals surface area contributed by atoms with E-state index in [0.29, 0.717) is 0 Å². The molecule has 110 valence electrons. The minimum Gasteiger partial charge on any atom is -0.456 e. The Kier molecular flexibility index (Phi) is 3.60. The molecule has 0 aliphatic rings. The van der Waals surface area contributed by atoms with Gasteiger partial charge in [0, 0.05) is 33.7 Å². The van der Waals surface area contributed by atoms with Crippen molar-refractivity contribution >= 4 is 46.2 Å². The first-order valence-corrected chi connectivity index (χ1v) is 7.36. The van der Waals surface area contributed by atoms with Crippen molar-refractivity contribution in [3.63, 3.8) is 0 Å². The van der Waals surface area contributed by atoms with E-state index in [9.17, 15) is 0 Å². The van der Waals surface area contributed by atoms with Crippen LogP contribution in [0.5, 0.6) is 0 Å². The Balaban J connectivity index is 2.42. The number of fused-ring (bicyclic) bond motifs is 2. The lowest BCUT2D eigenvalue weighted by atomic mass is 10.0. The molecule has 0 fully saturated rings. The Morgan fingerprint density at radius 2 is 1.73 bits per heavy atom. The Bertz CT molecular complexity index is 931. The Morgan fingerprint density at radius 1 is 0.955 bits per heavy atom. The van der Waals surface area contributed by atoms with Crippen LogP contribution in [0.3, 0.4) is 0 Å². The summed E-state index contributed by atoms with van der Waals surface area (Å²) in [6.07, 6.45) is 11.8. The van der Waals surface area contributed by atoms with Crippen LogP contribution in [0.25, 0.3) is 46.2 Å². The summed E-state index contributed by atoms with van der Waals surface area (Å²) < 4.78 is 5.92. The summed E-state index contributed by atoms with van der Waals surface area (Å²) >= 11 is 0. The van der Waals surface area contributed by atoms with Crippen LogP contribution >= 0.6 is 0 Å². The molecule has 2 aromatic heterocycles. The number of hydrogen-bond acceptors (Lipinski definition) is 1. The molecule has 0 spiro atoms. The molecule has 0 radical (unpaired) electrons. The van der Waals surface area contributed by atoms with Crippen molar-refractivity contribution < 1.29 is 4.42 Å². The molecule has 0 saturated carbocycles. The number of rotatable bonds is 4. The molecule has 1 N–H and O–H groups in total. The highest BCUT2D eigenvalue weighted by Crippen LogP contribution is 2.34. The van der Waals surface area contributed by atoms with Gasteiger partial charge in [0.1, 0.15) is 11.3 Å². The predicted octanol–water partition coefficient (Wildman–Crippen LogP) is 6.27. The zero-order valence-corrected chi connectivity index (χ0v) is 12.9. The Hall–Kier alpha value is -2.74. The number of aromatic nitrogens is 1. The molecule has 0 unspecified atom stereocenters. The normalized spacial score (nSPS) is 12.1. The summed E-state index contributed by atoms with van der Waals surface area (Å²) in [5.74, 6) is 0.801. The highest BCUT2D eigenvalue weighted by atomic mass is 16.3. The average molecular weight is 289 g/mol. The van der Waals surface area contributed by atoms with Gasteiger partial charge in [0.2, 0.25) is 0 Å². The fourth-order valence-electron chi connectivity index (χ4n) is 2.87. The van der Waals surface area contributed by atoms with Gasteiger partial charge in [-0.3, -0.25) is 0 Å². The fraction of sp³-hybridized carbons (Fsp3) is 0.100. The zero-order chi connectivity index (χ0) is 15.7. The second kappa shape index (κ2) is 5.57. The van der Waals surface area contributed by atoms with Crippen LogP contribution in [0.15, 0.2) is 41.9 Å². The van der Waals surface area contributed by atoms with Gasteiger partial charge in [-0.15, -0.1) is 0 Å². The molecule has 0 saturated heterocycles. The van der Waals surface area contributed by atoms with Crippen molar-refractivity contribution in [2.24, 2.45) is 0 Å². The topological polar surface area (TPSA) is 28.9 Å². The smallest absolute Gasteiger partial charge is 0.137 e. The van der Waals surface area contributed by atoms with E-state index >= 15 is 0 Å². The monoisotopic (exact) mass is 289 g/mol. The lowest BCUT2D eigenvalue weighted by molar-refractivity contribution is 0.604. The van der Waals surface area contributed by atoms with E-state index in [-0.39, 0.29) is 0 Å². The van der Waals surface area contributed by atoms with Gasteiger partial charge in [-0.25, -0.2) is 0 Å². The van der Waals surface area contributed by atoms with E-state index in [1.54, 1.807) is 6.08 Å². The fourth-order valence-corrected chi connectivity index (χ4v) is 2.87. The maximum absolute atomic E-state index is 5.92. The highest BCUT2D eigenvalue weighted by molar-refractivity contribution is 6.04. The lowest BCUT2D eigenvalue weighted by Gasteiger charge is -1.95. The quantitative estimate of drug-likeness (QED) is 0.602. The third kappa shape index (κ3) is 2.04. The Labute approximate surface area is 130 Å². The molecule has 0 bridgehead atoms. The largest absolute Gasteiger partial charge is 0.456 e. The average Bonchev–Trinajstić information content (AvgIpc) is 3.03. The first kappa shape index (κ1) is 14.2. The standard InChI is InChI=1S/C20H19NO/c1-5-9-14-16-11-15-13(7-3)17(10-6-2)21-18(15)12-20(16)22-19(14)8-4/h5-12,21H,3-4H2,1-2H3/b9-5-,10-6-. The molecule has 2 nitrogen and oxygen atoms in total. The molecular formula is C20H19NO. The van der Waals surface area contributed by atoms with Crippen molar-refractivity contribution in [1.29, 1.82) is 0 Å². The molecule has 0 amide bonds. The van der Waals surface area contributed by atoms with Gasteiger partial charge in [-0.1, -0.05) is 37.5 Å². The second-order valence-corrected chi connectivity index (χ2v) is 5.13. The van der Waals surface area contributed by atoms with E-state index < -0.39 is 0 Å². The minimum atomic E-state index is 0.801. The third-order valence-electron chi connectivity index (χ3n) is 3.80. The van der Waals surface area contributed by atoms with Crippen molar-refractivity contribution in [2.75, 3.05) is 0 Å². The van der Waals surface area contributed by atoms with Crippen LogP contribution in [0.2, 0.25) is 0 Å². The number of allylic oxidation sites excluding steroid dienone is 2. The molecule has 3 aromatic rings. The van der Waals surface area contributed by atoms with Crippen LogP contribution < -0.4 is 0 Å². The number of hydrogen-bond donors (Lipinski definition) is 1. The number of furan rings is 1. The van der Waals surface area contributed by atoms with E-state index in [4.69, 9.17) is 4.42 Å². The summed E-state index contributed by atoms with van der Waals surface area (Å²) in [6.45, 7) is 11.8. The molecule has 1 aromatic carbocycles. The van der Waals surface area contributed by atoms with Gasteiger partial charge in [-0.05, 0) is 32.1 Å². The van der Waals surface area contributed by atoms with Gasteiger partial charge in [-0.2, -0.15) is 0 Å². The van der Waals surface area contributed by atoms with Gasteiger partial charge < -0.3 is 9.40 Å². The maximum atomic E-state index is 5.92. The van der Waals surface area contributed by atoms with Gasteiger partial charge in [0.15, 0.2) is 0 Å². The first-order valence-electron chi connectivity index (χ1n) is 7.36. The molecular weight excluding hydrogens is 270 g/mol. The third-order valence-corrected chi connectivity index (χ3v) is 3.80. The van der Waals surface area contributed by atoms with Crippen molar-refractivity contribution in [3.8, 4) is 0 Å². The molecule has 2 heteroatoms. The maximum Gasteiger partial charge on any atom is 0.137 e. The predicted molar refractivity (Wildman–Crippen MR) is 97.7 cm³/mol. The number of benzene rings is 1. The van der Waals surface area contributed by atoms with Crippen LogP contribution in [0.4, 0.5) is 0 Å². The van der Waals surface area contributed by atoms with Gasteiger partial charge >= 0.3 is 0 Å². The Morgan fingerprint density at radius 3 is 2.36 bits per heavy atom. The summed E-state index contributed by atoms with van der Waals surface area (Å²) in [5, 5.41) is 2.24. The second-order valence-electron chi connectivity index (χ2n) is 5.13. The van der Waals surface area contributed by atoms with Crippen LogP contribution in [0.1, 0.15) is 36.4 Å². The molecule has 22 heavy (non-hydrogen) atoms. The zero-order valence-electron chi connectivity index (χ0n) is 12.9. The summed E-state index contributed by atoms with van der Waals surface area (Å²) in [4.78, 5) is 3.43. The molecule has 0 aliphatic carbocycles. The van der Waals surface area contributed by atoms with Crippen molar-refractivity contribution in [3.05, 3.63) is 60.0 Å². The van der Waals surface area contributed by atoms with E-state index in [1.165, 1.54) is 0 Å². The van der Waals surface area contributed by atoms with Crippen molar-refractivity contribution in [1.82, 2.24) is 4.98 Å². The lowest BCUT2D eigenvalue weighted by Crippen LogP contribution is -1.75. The number of aromatic amines is 1. The summed E-state index contributed by atoms with van der Waals surface area (Å²) in [7, 11) is 0. The van der Waals surface area contributed by atoms with E-state index in [1.807, 2.05) is 38.1 Å². The van der Waals surface area contributed by atoms with Crippen molar-refractivity contribution in [2.45, 2.75) is 13.8 Å². The van der Waals surface area contributed by atoms with Gasteiger partial charge in [0.25, 0.3) is 0 Å². The molecule has 2 heterocycles. The first-order chi connectivity index (χ1) is 10.7. The van der Waals surface area contributed by atoms with Crippen LogP contribution in [0, 0.1) is 0 Å². The highest BCUT2D eigenvalue weighted by Gasteiger charge is 2.14. The molecule has 0 atom stereocenters.